The largest absolute Gasteiger partial charge is 0.341 e. The number of hydrogen-bond donors (Lipinski definition) is 1. The SMILES string of the molecule is O=C1C(NC2CC2)CCN1CC1CCSCC1. The second kappa shape index (κ2) is 5.19. The van der Waals surface area contributed by atoms with Crippen LogP contribution < -0.4 is 5.32 Å². The minimum Gasteiger partial charge on any atom is -0.341 e. The third kappa shape index (κ3) is 2.97. The second-order valence-electron chi connectivity index (χ2n) is 5.62. The summed E-state index contributed by atoms with van der Waals surface area (Å²) in [5, 5.41) is 3.47. The molecular weight excluding hydrogens is 232 g/mol. The van der Waals surface area contributed by atoms with Gasteiger partial charge in [-0.3, -0.25) is 4.79 Å². The highest BCUT2D eigenvalue weighted by Crippen LogP contribution is 2.26. The van der Waals surface area contributed by atoms with Crippen molar-refractivity contribution < 1.29 is 4.79 Å². The van der Waals surface area contributed by atoms with Crippen LogP contribution in [-0.2, 0) is 4.79 Å². The van der Waals surface area contributed by atoms with Crippen molar-refractivity contribution in [2.45, 2.75) is 44.2 Å². The first kappa shape index (κ1) is 11.8. The Labute approximate surface area is 108 Å². The first-order chi connectivity index (χ1) is 8.33. The van der Waals surface area contributed by atoms with Crippen LogP contribution in [0.2, 0.25) is 0 Å². The van der Waals surface area contributed by atoms with Gasteiger partial charge in [0.1, 0.15) is 0 Å². The highest BCUT2D eigenvalue weighted by molar-refractivity contribution is 7.99. The topological polar surface area (TPSA) is 32.3 Å². The Morgan fingerprint density at radius 3 is 2.65 bits per heavy atom. The molecule has 1 aliphatic carbocycles. The number of carbonyl (C=O) groups excluding carboxylic acids is 1. The lowest BCUT2D eigenvalue weighted by Gasteiger charge is -2.26. The lowest BCUT2D eigenvalue weighted by Crippen LogP contribution is -2.41. The number of nitrogens with zero attached hydrogens (tertiary/aromatic N) is 1. The van der Waals surface area contributed by atoms with Crippen LogP contribution in [0.1, 0.15) is 32.1 Å². The summed E-state index contributed by atoms with van der Waals surface area (Å²) in [7, 11) is 0. The van der Waals surface area contributed by atoms with Gasteiger partial charge in [0, 0.05) is 19.1 Å². The molecule has 1 N–H and O–H groups in total. The normalized spacial score (nSPS) is 31.2. The van der Waals surface area contributed by atoms with Gasteiger partial charge in [-0.15, -0.1) is 0 Å². The molecule has 0 spiro atoms. The van der Waals surface area contributed by atoms with Crippen LogP contribution in [0, 0.1) is 5.92 Å². The number of hydrogen-bond acceptors (Lipinski definition) is 3. The first-order valence-corrected chi connectivity index (χ1v) is 8.11. The van der Waals surface area contributed by atoms with Crippen molar-refractivity contribution in [2.75, 3.05) is 24.6 Å². The van der Waals surface area contributed by atoms with Crippen molar-refractivity contribution in [1.29, 1.82) is 0 Å². The monoisotopic (exact) mass is 254 g/mol. The molecule has 0 aromatic carbocycles. The van der Waals surface area contributed by atoms with E-state index in [1.54, 1.807) is 0 Å². The first-order valence-electron chi connectivity index (χ1n) is 6.95. The van der Waals surface area contributed by atoms with Gasteiger partial charge >= 0.3 is 0 Å². The predicted octanol–water partition coefficient (Wildman–Crippen LogP) is 1.48. The summed E-state index contributed by atoms with van der Waals surface area (Å²) >= 11 is 2.06. The van der Waals surface area contributed by atoms with Crippen LogP contribution in [0.3, 0.4) is 0 Å². The fourth-order valence-corrected chi connectivity index (χ4v) is 4.05. The van der Waals surface area contributed by atoms with Crippen molar-refractivity contribution in [1.82, 2.24) is 10.2 Å². The molecule has 2 heterocycles. The van der Waals surface area contributed by atoms with Crippen molar-refractivity contribution in [2.24, 2.45) is 5.92 Å². The van der Waals surface area contributed by atoms with Gasteiger partial charge in [0.15, 0.2) is 0 Å². The fraction of sp³-hybridized carbons (Fsp3) is 0.923. The molecule has 3 rings (SSSR count). The van der Waals surface area contributed by atoms with Gasteiger partial charge in [-0.2, -0.15) is 11.8 Å². The maximum Gasteiger partial charge on any atom is 0.239 e. The summed E-state index contributed by atoms with van der Waals surface area (Å²) < 4.78 is 0. The highest BCUT2D eigenvalue weighted by atomic mass is 32.2. The van der Waals surface area contributed by atoms with E-state index < -0.39 is 0 Å². The molecular formula is C13H22N2OS. The maximum absolute atomic E-state index is 12.2. The molecule has 1 atom stereocenters. The molecule has 3 nitrogen and oxygen atoms in total. The molecule has 0 aromatic heterocycles. The van der Waals surface area contributed by atoms with Crippen molar-refractivity contribution in [3.05, 3.63) is 0 Å². The predicted molar refractivity (Wildman–Crippen MR) is 71.2 cm³/mol. The average molecular weight is 254 g/mol. The van der Waals surface area contributed by atoms with Gasteiger partial charge in [-0.25, -0.2) is 0 Å². The van der Waals surface area contributed by atoms with Crippen molar-refractivity contribution >= 4 is 17.7 Å². The molecule has 17 heavy (non-hydrogen) atoms. The van der Waals surface area contributed by atoms with E-state index in [-0.39, 0.29) is 6.04 Å². The lowest BCUT2D eigenvalue weighted by atomic mass is 10.0. The quantitative estimate of drug-likeness (QED) is 0.825. The average Bonchev–Trinajstić information content (AvgIpc) is 3.11. The Morgan fingerprint density at radius 1 is 1.18 bits per heavy atom. The van der Waals surface area contributed by atoms with E-state index in [0.717, 1.165) is 25.4 Å². The van der Waals surface area contributed by atoms with Crippen LogP contribution in [0.5, 0.6) is 0 Å². The van der Waals surface area contributed by atoms with Gasteiger partial charge in [0.05, 0.1) is 6.04 Å². The van der Waals surface area contributed by atoms with Crippen LogP contribution >= 0.6 is 11.8 Å². The van der Waals surface area contributed by atoms with Crippen LogP contribution in [0.4, 0.5) is 0 Å². The summed E-state index contributed by atoms with van der Waals surface area (Å²) in [5.74, 6) is 3.71. The number of carbonyl (C=O) groups is 1. The summed E-state index contributed by atoms with van der Waals surface area (Å²) in [5.41, 5.74) is 0. The molecule has 1 unspecified atom stereocenters. The lowest BCUT2D eigenvalue weighted by molar-refractivity contribution is -0.130. The second-order valence-corrected chi connectivity index (χ2v) is 6.85. The van der Waals surface area contributed by atoms with Crippen molar-refractivity contribution in [3.63, 3.8) is 0 Å². The van der Waals surface area contributed by atoms with E-state index in [9.17, 15) is 4.79 Å². The standard InChI is InChI=1S/C13H22N2OS/c16-13-12(14-11-1-2-11)3-6-15(13)9-10-4-7-17-8-5-10/h10-12,14H,1-9H2. The molecule has 0 radical (unpaired) electrons. The van der Waals surface area contributed by atoms with Gasteiger partial charge in [-0.1, -0.05) is 0 Å². The molecule has 0 bridgehead atoms. The summed E-state index contributed by atoms with van der Waals surface area (Å²) in [6.07, 6.45) is 6.16. The van der Waals surface area contributed by atoms with Crippen LogP contribution in [-0.4, -0.2) is 47.5 Å². The van der Waals surface area contributed by atoms with Crippen LogP contribution in [0.15, 0.2) is 0 Å². The van der Waals surface area contributed by atoms with E-state index >= 15 is 0 Å². The molecule has 0 aromatic rings. The zero-order valence-corrected chi connectivity index (χ0v) is 11.2. The highest BCUT2D eigenvalue weighted by Gasteiger charge is 2.36. The molecule has 3 fully saturated rings. The van der Waals surface area contributed by atoms with Gasteiger partial charge in [-0.05, 0) is 49.5 Å². The number of likely N-dealkylation sites (tertiary alicyclic amines) is 1. The number of thioether (sulfide) groups is 1. The van der Waals surface area contributed by atoms with E-state index in [1.165, 1.54) is 37.2 Å². The molecule has 1 saturated carbocycles. The molecule has 2 aliphatic heterocycles. The third-order valence-electron chi connectivity index (χ3n) is 4.13. The Hall–Kier alpha value is -0.220. The summed E-state index contributed by atoms with van der Waals surface area (Å²) in [6, 6.07) is 0.787. The maximum atomic E-state index is 12.2. The third-order valence-corrected chi connectivity index (χ3v) is 5.18. The number of nitrogens with one attached hydrogen (secondary N) is 1. The van der Waals surface area contributed by atoms with E-state index in [4.69, 9.17) is 0 Å². The Morgan fingerprint density at radius 2 is 1.94 bits per heavy atom. The summed E-state index contributed by atoms with van der Waals surface area (Å²) in [4.78, 5) is 14.3. The van der Waals surface area contributed by atoms with E-state index in [0.29, 0.717) is 11.9 Å². The zero-order valence-electron chi connectivity index (χ0n) is 10.4. The Kier molecular flexibility index (Phi) is 3.61. The van der Waals surface area contributed by atoms with Crippen LogP contribution in [0.25, 0.3) is 0 Å². The minimum absolute atomic E-state index is 0.139. The Bertz CT molecular complexity index is 287. The number of amides is 1. The summed E-state index contributed by atoms with van der Waals surface area (Å²) in [6.45, 7) is 2.00. The Balaban J connectivity index is 1.48. The van der Waals surface area contributed by atoms with Gasteiger partial charge in [0.25, 0.3) is 0 Å². The minimum atomic E-state index is 0.139. The molecule has 1 amide bonds. The van der Waals surface area contributed by atoms with Gasteiger partial charge < -0.3 is 10.2 Å². The zero-order chi connectivity index (χ0) is 11.7. The van der Waals surface area contributed by atoms with E-state index in [2.05, 4.69) is 22.0 Å². The van der Waals surface area contributed by atoms with E-state index in [1.807, 2.05) is 0 Å². The van der Waals surface area contributed by atoms with Crippen molar-refractivity contribution in [3.8, 4) is 0 Å². The smallest absolute Gasteiger partial charge is 0.239 e. The molecule has 2 saturated heterocycles. The molecule has 3 aliphatic rings. The molecule has 4 heteroatoms. The fourth-order valence-electron chi connectivity index (χ4n) is 2.85. The molecule has 96 valence electrons. The number of rotatable bonds is 4. The van der Waals surface area contributed by atoms with Gasteiger partial charge in [0.2, 0.25) is 5.91 Å².